The van der Waals surface area contributed by atoms with Crippen molar-refractivity contribution in [3.8, 4) is 0 Å². The highest BCUT2D eigenvalue weighted by molar-refractivity contribution is 5.88. The molecule has 1 saturated carbocycles. The van der Waals surface area contributed by atoms with Gasteiger partial charge >= 0.3 is 0 Å². The van der Waals surface area contributed by atoms with Crippen molar-refractivity contribution < 1.29 is 14.7 Å². The van der Waals surface area contributed by atoms with Crippen LogP contribution in [0.1, 0.15) is 84.8 Å². The van der Waals surface area contributed by atoms with Crippen LogP contribution in [0.15, 0.2) is 24.4 Å². The van der Waals surface area contributed by atoms with E-state index >= 15 is 0 Å². The van der Waals surface area contributed by atoms with Gasteiger partial charge in [-0.25, -0.2) is 0 Å². The largest absolute Gasteiger partial charge is 0.391 e. The standard InChI is InChI=1S/C27H46N4O3/c1-5-19(4)25(27(34)30-17-21-13-9-10-14-29-21)31-26(33)22(18(2)3)16-24(32)23(28)15-20-11-7-6-8-12-20/h9-10,13-14,18-20,22-25,32H,5-8,11-12,15-17,28H2,1-4H3,(H,30,34)(H,31,33)/t19-,22-,23-,24-,25-/m0/s1. The third-order valence-electron chi connectivity index (χ3n) is 7.42. The third-order valence-corrected chi connectivity index (χ3v) is 7.42. The second-order valence-corrected chi connectivity index (χ2v) is 10.5. The number of aromatic nitrogens is 1. The number of aliphatic hydroxyl groups is 1. The van der Waals surface area contributed by atoms with E-state index in [1.807, 2.05) is 45.9 Å². The quantitative estimate of drug-likeness (QED) is 0.349. The Labute approximate surface area is 205 Å². The highest BCUT2D eigenvalue weighted by Gasteiger charge is 2.33. The Morgan fingerprint density at radius 2 is 1.85 bits per heavy atom. The van der Waals surface area contributed by atoms with Crippen molar-refractivity contribution in [2.75, 3.05) is 0 Å². The summed E-state index contributed by atoms with van der Waals surface area (Å²) in [6, 6.07) is 4.58. The van der Waals surface area contributed by atoms with Crippen molar-refractivity contribution >= 4 is 11.8 Å². The van der Waals surface area contributed by atoms with Gasteiger partial charge in [0.2, 0.25) is 11.8 Å². The molecular formula is C27H46N4O3. The van der Waals surface area contributed by atoms with E-state index in [-0.39, 0.29) is 29.7 Å². The highest BCUT2D eigenvalue weighted by Crippen LogP contribution is 2.29. The first-order chi connectivity index (χ1) is 16.2. The van der Waals surface area contributed by atoms with Gasteiger partial charge in [0.05, 0.1) is 18.3 Å². The predicted octanol–water partition coefficient (Wildman–Crippen LogP) is 3.55. The molecule has 7 heteroatoms. The molecule has 1 heterocycles. The van der Waals surface area contributed by atoms with Crippen LogP contribution in [-0.4, -0.2) is 40.1 Å². The first kappa shape index (κ1) is 28.2. The summed E-state index contributed by atoms with van der Waals surface area (Å²) < 4.78 is 0. The number of pyridine rings is 1. The lowest BCUT2D eigenvalue weighted by Gasteiger charge is -2.31. The Kier molecular flexibility index (Phi) is 12.0. The first-order valence-corrected chi connectivity index (χ1v) is 13.1. The van der Waals surface area contributed by atoms with Gasteiger partial charge in [0.1, 0.15) is 6.04 Å². The number of amides is 2. The molecule has 0 aromatic carbocycles. The normalized spacial score (nSPS) is 19.1. The molecule has 1 fully saturated rings. The monoisotopic (exact) mass is 474 g/mol. The van der Waals surface area contributed by atoms with Gasteiger partial charge < -0.3 is 21.5 Å². The lowest BCUT2D eigenvalue weighted by Crippen LogP contribution is -2.52. The number of aliphatic hydroxyl groups excluding tert-OH is 1. The van der Waals surface area contributed by atoms with E-state index in [0.29, 0.717) is 18.9 Å². The summed E-state index contributed by atoms with van der Waals surface area (Å²) in [5.41, 5.74) is 7.12. The molecule has 0 saturated heterocycles. The first-order valence-electron chi connectivity index (χ1n) is 13.1. The van der Waals surface area contributed by atoms with Crippen molar-refractivity contribution in [2.45, 2.75) is 104 Å². The van der Waals surface area contributed by atoms with Crippen LogP contribution in [0.5, 0.6) is 0 Å². The number of rotatable bonds is 13. The van der Waals surface area contributed by atoms with E-state index in [1.165, 1.54) is 32.1 Å². The molecule has 0 aliphatic heterocycles. The molecule has 7 nitrogen and oxygen atoms in total. The molecule has 192 valence electrons. The second-order valence-electron chi connectivity index (χ2n) is 10.5. The Bertz CT molecular complexity index is 737. The minimum absolute atomic E-state index is 0.0192. The van der Waals surface area contributed by atoms with E-state index in [0.717, 1.165) is 18.5 Å². The highest BCUT2D eigenvalue weighted by atomic mass is 16.3. The van der Waals surface area contributed by atoms with Crippen LogP contribution >= 0.6 is 0 Å². The van der Waals surface area contributed by atoms with Gasteiger partial charge in [-0.3, -0.25) is 14.6 Å². The maximum absolute atomic E-state index is 13.3. The van der Waals surface area contributed by atoms with E-state index in [2.05, 4.69) is 15.6 Å². The molecule has 5 N–H and O–H groups in total. The summed E-state index contributed by atoms with van der Waals surface area (Å²) in [5.74, 6) is -0.267. The summed E-state index contributed by atoms with van der Waals surface area (Å²) >= 11 is 0. The zero-order valence-electron chi connectivity index (χ0n) is 21.5. The molecule has 2 rings (SSSR count). The van der Waals surface area contributed by atoms with Gasteiger partial charge in [-0.15, -0.1) is 0 Å². The summed E-state index contributed by atoms with van der Waals surface area (Å²) in [4.78, 5) is 30.5. The van der Waals surface area contributed by atoms with Crippen molar-refractivity contribution in [3.05, 3.63) is 30.1 Å². The van der Waals surface area contributed by atoms with Crippen LogP contribution < -0.4 is 16.4 Å². The molecule has 1 aliphatic carbocycles. The van der Waals surface area contributed by atoms with Crippen LogP contribution in [0.25, 0.3) is 0 Å². The lowest BCUT2D eigenvalue weighted by atomic mass is 9.81. The molecule has 0 unspecified atom stereocenters. The van der Waals surface area contributed by atoms with Gasteiger partial charge in [0, 0.05) is 18.2 Å². The Morgan fingerprint density at radius 1 is 1.15 bits per heavy atom. The molecule has 2 amide bonds. The van der Waals surface area contributed by atoms with Gasteiger partial charge in [-0.2, -0.15) is 0 Å². The van der Waals surface area contributed by atoms with Crippen molar-refractivity contribution in [1.82, 2.24) is 15.6 Å². The smallest absolute Gasteiger partial charge is 0.243 e. The zero-order valence-corrected chi connectivity index (χ0v) is 21.5. The minimum Gasteiger partial charge on any atom is -0.391 e. The summed E-state index contributed by atoms with van der Waals surface area (Å²) in [7, 11) is 0. The van der Waals surface area contributed by atoms with E-state index in [9.17, 15) is 14.7 Å². The Hall–Kier alpha value is -1.99. The average molecular weight is 475 g/mol. The maximum Gasteiger partial charge on any atom is 0.243 e. The van der Waals surface area contributed by atoms with Crippen molar-refractivity contribution in [3.63, 3.8) is 0 Å². The van der Waals surface area contributed by atoms with Crippen LogP contribution in [0, 0.1) is 23.7 Å². The molecule has 0 bridgehead atoms. The molecule has 1 aromatic heterocycles. The van der Waals surface area contributed by atoms with Crippen molar-refractivity contribution in [2.24, 2.45) is 29.4 Å². The van der Waals surface area contributed by atoms with Gasteiger partial charge in [0.25, 0.3) is 0 Å². The summed E-state index contributed by atoms with van der Waals surface area (Å²) in [5, 5.41) is 16.7. The number of nitrogens with two attached hydrogens (primary N) is 1. The number of carbonyl (C=O) groups is 2. The van der Waals surface area contributed by atoms with Crippen LogP contribution in [-0.2, 0) is 16.1 Å². The molecule has 1 aliphatic rings. The van der Waals surface area contributed by atoms with Gasteiger partial charge in [-0.05, 0) is 42.7 Å². The second kappa shape index (κ2) is 14.4. The number of carbonyl (C=O) groups excluding carboxylic acids is 2. The Balaban J connectivity index is 1.98. The Morgan fingerprint density at radius 3 is 2.44 bits per heavy atom. The lowest BCUT2D eigenvalue weighted by molar-refractivity contribution is -0.134. The third kappa shape index (κ3) is 8.99. The SMILES string of the molecule is CC[C@H](C)[C@H](NC(=O)[C@@H](C[C@H](O)[C@@H](N)CC1CCCCC1)C(C)C)C(=O)NCc1ccccn1. The fourth-order valence-electron chi connectivity index (χ4n) is 4.83. The molecule has 0 radical (unpaired) electrons. The van der Waals surface area contributed by atoms with Gasteiger partial charge in [-0.1, -0.05) is 72.3 Å². The molecule has 34 heavy (non-hydrogen) atoms. The molecule has 1 aromatic rings. The van der Waals surface area contributed by atoms with Gasteiger partial charge in [0.15, 0.2) is 0 Å². The van der Waals surface area contributed by atoms with Crippen molar-refractivity contribution in [1.29, 1.82) is 0 Å². The minimum atomic E-state index is -0.736. The topological polar surface area (TPSA) is 117 Å². The fourth-order valence-corrected chi connectivity index (χ4v) is 4.83. The number of nitrogens with one attached hydrogen (secondary N) is 2. The van der Waals surface area contributed by atoms with Crippen LogP contribution in [0.3, 0.4) is 0 Å². The molecular weight excluding hydrogens is 428 g/mol. The molecule has 5 atom stereocenters. The number of hydrogen-bond acceptors (Lipinski definition) is 5. The molecule has 0 spiro atoms. The summed E-state index contributed by atoms with van der Waals surface area (Å²) in [6.45, 7) is 8.23. The van der Waals surface area contributed by atoms with E-state index in [1.54, 1.807) is 6.20 Å². The van der Waals surface area contributed by atoms with E-state index in [4.69, 9.17) is 5.73 Å². The maximum atomic E-state index is 13.3. The number of hydrogen-bond donors (Lipinski definition) is 4. The van der Waals surface area contributed by atoms with Crippen LogP contribution in [0.2, 0.25) is 0 Å². The number of nitrogens with zero attached hydrogens (tertiary/aromatic N) is 1. The van der Waals surface area contributed by atoms with Crippen LogP contribution in [0.4, 0.5) is 0 Å². The van der Waals surface area contributed by atoms with E-state index < -0.39 is 18.1 Å². The predicted molar refractivity (Wildman–Crippen MR) is 136 cm³/mol. The average Bonchev–Trinajstić information content (AvgIpc) is 2.84. The fraction of sp³-hybridized carbons (Fsp3) is 0.741. The summed E-state index contributed by atoms with van der Waals surface area (Å²) in [6.07, 6.45) is 8.94. The zero-order chi connectivity index (χ0) is 25.1.